The highest BCUT2D eigenvalue weighted by atomic mass is 14.5. The monoisotopic (exact) mass is 902 g/mol. The van der Waals surface area contributed by atoms with E-state index >= 15 is 0 Å². The van der Waals surface area contributed by atoms with E-state index in [4.69, 9.17) is 0 Å². The summed E-state index contributed by atoms with van der Waals surface area (Å²) in [5, 5.41) is 0. The summed E-state index contributed by atoms with van der Waals surface area (Å²) in [6.45, 7) is 27.7. The van der Waals surface area contributed by atoms with Crippen molar-refractivity contribution in [1.29, 1.82) is 0 Å². The fourth-order valence-corrected chi connectivity index (χ4v) is 15.4. The predicted octanol–water partition coefficient (Wildman–Crippen LogP) is 18.0. The van der Waals surface area contributed by atoms with Gasteiger partial charge in [0, 0.05) is 23.7 Å². The molecule has 0 fully saturated rings. The third-order valence-electron chi connectivity index (χ3n) is 17.4. The third-order valence-corrected chi connectivity index (χ3v) is 17.4. The van der Waals surface area contributed by atoms with E-state index in [-0.39, 0.29) is 23.7 Å². The molecule has 0 saturated heterocycles. The van der Waals surface area contributed by atoms with Gasteiger partial charge in [-0.3, -0.25) is 0 Å². The Labute approximate surface area is 416 Å². The van der Waals surface area contributed by atoms with Crippen LogP contribution in [0.2, 0.25) is 0 Å². The van der Waals surface area contributed by atoms with Crippen molar-refractivity contribution < 1.29 is 0 Å². The van der Waals surface area contributed by atoms with E-state index in [2.05, 4.69) is 217 Å². The summed E-state index contributed by atoms with van der Waals surface area (Å²) in [5.41, 5.74) is 44.9. The predicted molar refractivity (Wildman–Crippen MR) is 295 cm³/mol. The average Bonchev–Trinajstić information content (AvgIpc) is 4.00. The molecule has 4 aliphatic carbocycles. The van der Waals surface area contributed by atoms with Crippen molar-refractivity contribution in [3.8, 4) is 44.5 Å². The number of hydrogen-bond acceptors (Lipinski definition) is 0. The highest BCUT2D eigenvalue weighted by Crippen LogP contribution is 2.64. The van der Waals surface area contributed by atoms with Crippen LogP contribution in [-0.2, 0) is 0 Å². The molecule has 4 atom stereocenters. The Morgan fingerprint density at radius 1 is 0.214 bits per heavy atom. The minimum Gasteiger partial charge on any atom is -0.0619 e. The Bertz CT molecular complexity index is 3470. The molecule has 4 unspecified atom stereocenters. The average molecular weight is 903 g/mol. The lowest BCUT2D eigenvalue weighted by Crippen LogP contribution is -2.07. The quantitative estimate of drug-likeness (QED) is 0.165. The molecule has 13 rings (SSSR count). The lowest BCUT2D eigenvalue weighted by Gasteiger charge is -2.23. The second-order valence-corrected chi connectivity index (χ2v) is 22.2. The Morgan fingerprint density at radius 2 is 0.443 bits per heavy atom. The van der Waals surface area contributed by atoms with Gasteiger partial charge in [0.25, 0.3) is 0 Å². The van der Waals surface area contributed by atoms with Gasteiger partial charge >= 0.3 is 0 Å². The van der Waals surface area contributed by atoms with E-state index in [1.165, 1.54) is 178 Å². The number of hydrogen-bond donors (Lipinski definition) is 0. The van der Waals surface area contributed by atoms with Gasteiger partial charge in [0.15, 0.2) is 0 Å². The van der Waals surface area contributed by atoms with Crippen molar-refractivity contribution in [2.75, 3.05) is 0 Å². The molecule has 0 radical (unpaired) electrons. The van der Waals surface area contributed by atoms with Gasteiger partial charge < -0.3 is 0 Å². The molecule has 342 valence electrons. The molecule has 0 nitrogen and oxygen atoms in total. The summed E-state index contributed by atoms with van der Waals surface area (Å²) in [4.78, 5) is 0. The lowest BCUT2D eigenvalue weighted by molar-refractivity contribution is 0.956. The highest BCUT2D eigenvalue weighted by molar-refractivity contribution is 6.03. The Kier molecular flexibility index (Phi) is 9.37. The first-order valence-corrected chi connectivity index (χ1v) is 25.7. The van der Waals surface area contributed by atoms with Crippen molar-refractivity contribution in [3.05, 3.63) is 267 Å². The maximum atomic E-state index is 2.71. The fraction of sp³-hybridized carbons (Fsp3) is 0.229. The summed E-state index contributed by atoms with van der Waals surface area (Å²) in [6.07, 6.45) is 0. The number of rotatable bonds is 4. The minimum absolute atomic E-state index is 0.0928. The van der Waals surface area contributed by atoms with Gasteiger partial charge in [-0.2, -0.15) is 0 Å². The first-order valence-electron chi connectivity index (χ1n) is 25.7. The van der Waals surface area contributed by atoms with Gasteiger partial charge in [0.05, 0.1) is 0 Å². The molecule has 9 aromatic rings. The van der Waals surface area contributed by atoms with Crippen molar-refractivity contribution >= 4 is 0 Å². The molecule has 0 heterocycles. The fourth-order valence-electron chi connectivity index (χ4n) is 15.4. The Hall–Kier alpha value is -7.02. The van der Waals surface area contributed by atoms with Crippen LogP contribution in [0.4, 0.5) is 0 Å². The van der Waals surface area contributed by atoms with E-state index in [9.17, 15) is 0 Å². The lowest BCUT2D eigenvalue weighted by atomic mass is 9.80. The van der Waals surface area contributed by atoms with Crippen molar-refractivity contribution in [3.63, 3.8) is 0 Å². The van der Waals surface area contributed by atoms with Crippen molar-refractivity contribution in [2.24, 2.45) is 0 Å². The van der Waals surface area contributed by atoms with E-state index in [0.717, 1.165) is 0 Å². The van der Waals surface area contributed by atoms with Crippen LogP contribution in [0.5, 0.6) is 0 Å². The zero-order chi connectivity index (χ0) is 48.3. The molecule has 0 bridgehead atoms. The molecule has 0 N–H and O–H groups in total. The molecular formula is C70H62. The molecule has 0 aromatic heterocycles. The third kappa shape index (κ3) is 5.89. The molecule has 0 aliphatic heterocycles. The highest BCUT2D eigenvalue weighted by Gasteiger charge is 2.45. The Morgan fingerprint density at radius 3 is 0.714 bits per heavy atom. The smallest absolute Gasteiger partial charge is 0.0357 e. The van der Waals surface area contributed by atoms with Gasteiger partial charge in [-0.15, -0.1) is 0 Å². The summed E-state index contributed by atoms with van der Waals surface area (Å²) in [5.74, 6) is 0.525. The second kappa shape index (κ2) is 15.2. The largest absolute Gasteiger partial charge is 0.0619 e. The van der Waals surface area contributed by atoms with Crippen LogP contribution >= 0.6 is 0 Å². The molecular weight excluding hydrogens is 841 g/mol. The topological polar surface area (TPSA) is 0 Å². The molecule has 4 aliphatic rings. The van der Waals surface area contributed by atoms with Crippen LogP contribution in [-0.4, -0.2) is 0 Å². The summed E-state index contributed by atoms with van der Waals surface area (Å²) in [6, 6.07) is 53.5. The van der Waals surface area contributed by atoms with Gasteiger partial charge in [-0.25, -0.2) is 0 Å². The van der Waals surface area contributed by atoms with Crippen LogP contribution < -0.4 is 0 Å². The number of aryl methyl sites for hydroxylation is 12. The first kappa shape index (κ1) is 43.0. The summed E-state index contributed by atoms with van der Waals surface area (Å²) < 4.78 is 0. The Balaban J connectivity index is 1.15. The van der Waals surface area contributed by atoms with Crippen LogP contribution in [0.3, 0.4) is 0 Å². The summed E-state index contributed by atoms with van der Waals surface area (Å²) in [7, 11) is 0. The minimum atomic E-state index is 0.0928. The zero-order valence-electron chi connectivity index (χ0n) is 43.0. The van der Waals surface area contributed by atoms with E-state index in [1.807, 2.05) is 0 Å². The van der Waals surface area contributed by atoms with Crippen molar-refractivity contribution in [1.82, 2.24) is 0 Å². The van der Waals surface area contributed by atoms with Crippen LogP contribution in [0.1, 0.15) is 157 Å². The van der Waals surface area contributed by atoms with Gasteiger partial charge in [-0.1, -0.05) is 144 Å². The van der Waals surface area contributed by atoms with E-state index in [0.29, 0.717) is 0 Å². The molecule has 70 heavy (non-hydrogen) atoms. The maximum absolute atomic E-state index is 2.71. The van der Waals surface area contributed by atoms with Crippen LogP contribution in [0, 0.1) is 83.1 Å². The molecule has 0 heteroatoms. The first-order chi connectivity index (χ1) is 33.7. The SMILES string of the molecule is Cc1cc(C)c(C2c3ccccc3-c3c2ccc2c3-c3cc4c(cc3C2c2c(C)cc(C)cc2C)-c2c(ccc3c2-c2ccccc2C3c2c(C)cc(C)cc2C)C4c2c(C)cc(C)cc2C)c(C)c1. The van der Waals surface area contributed by atoms with E-state index in [1.54, 1.807) is 0 Å². The maximum Gasteiger partial charge on any atom is 0.0357 e. The van der Waals surface area contributed by atoms with Gasteiger partial charge in [-0.05, 0) is 251 Å². The number of benzene rings is 9. The second-order valence-electron chi connectivity index (χ2n) is 22.2. The summed E-state index contributed by atoms with van der Waals surface area (Å²) >= 11 is 0. The molecule has 0 saturated carbocycles. The molecule has 0 spiro atoms. The molecule has 9 aromatic carbocycles. The normalized spacial score (nSPS) is 17.4. The van der Waals surface area contributed by atoms with Crippen LogP contribution in [0.15, 0.2) is 133 Å². The van der Waals surface area contributed by atoms with Crippen molar-refractivity contribution in [2.45, 2.75) is 107 Å². The standard InChI is InChI=1S/C70H62/c1-35-25-39(5)59(40(6)26-35)63-47-17-13-15-19-49(47)65-51(63)21-23-53-67(61-43(9)29-37(3)30-44(61)10)55-34-58-56(33-57(55)69(53)65)68(62-45(11)31-38(4)32-46(62)12)54-24-22-52-64(60-41(7)27-36(2)28-42(60)8)48-18-14-16-20-50(48)66(52)70(54)58/h13-34,63-64,67-68H,1-12H3. The van der Waals surface area contributed by atoms with E-state index < -0.39 is 0 Å². The van der Waals surface area contributed by atoms with Gasteiger partial charge in [0.2, 0.25) is 0 Å². The zero-order valence-corrected chi connectivity index (χ0v) is 43.0. The number of fused-ring (bicyclic) bond motifs is 14. The molecule has 0 amide bonds. The van der Waals surface area contributed by atoms with Crippen LogP contribution in [0.25, 0.3) is 44.5 Å². The van der Waals surface area contributed by atoms with Gasteiger partial charge in [0.1, 0.15) is 0 Å².